The summed E-state index contributed by atoms with van der Waals surface area (Å²) in [6.45, 7) is 4.85. The number of hydrogen-bond donors (Lipinski definition) is 0. The van der Waals surface area contributed by atoms with Gasteiger partial charge in [0.1, 0.15) is 0 Å². The molecule has 0 aromatic heterocycles. The largest absolute Gasteiger partial charge is 0.323 e. The summed E-state index contributed by atoms with van der Waals surface area (Å²) < 4.78 is 2.28. The third-order valence-corrected chi connectivity index (χ3v) is 10.5. The van der Waals surface area contributed by atoms with Gasteiger partial charge in [-0.3, -0.25) is 0 Å². The van der Waals surface area contributed by atoms with E-state index in [4.69, 9.17) is 0 Å². The molecule has 0 spiro atoms. The average molecular weight is 586 g/mol. The van der Waals surface area contributed by atoms with Crippen LogP contribution in [0.3, 0.4) is 0 Å². The lowest BCUT2D eigenvalue weighted by atomic mass is 9.69. The summed E-state index contributed by atoms with van der Waals surface area (Å²) in [7, 11) is 0. The van der Waals surface area contributed by atoms with Crippen LogP contribution in [0.1, 0.15) is 25.0 Å². The van der Waals surface area contributed by atoms with Gasteiger partial charge in [0, 0.05) is 29.1 Å². The summed E-state index contributed by atoms with van der Waals surface area (Å²) in [5.74, 6) is 0. The van der Waals surface area contributed by atoms with Crippen LogP contribution in [0.2, 0.25) is 0 Å². The van der Waals surface area contributed by atoms with Crippen LogP contribution >= 0.6 is 0 Å². The van der Waals surface area contributed by atoms with Crippen LogP contribution in [0.5, 0.6) is 0 Å². The van der Waals surface area contributed by atoms with Crippen molar-refractivity contribution in [3.63, 3.8) is 0 Å². The van der Waals surface area contributed by atoms with Crippen molar-refractivity contribution in [2.24, 2.45) is 0 Å². The standard InChI is InChI=1S/C45H31N/c1-45(2)43-30(24-28-12-6-7-15-32(28)43)26-40-42(38-22-23-46(27-41(38)44(40)45)31-13-4-3-5-14-31)29-20-21-37-35-18-9-8-16-33(35)34-17-10-11-19-36(34)39(37)25-29/h3-27H,1-2H3. The van der Waals surface area contributed by atoms with E-state index in [9.17, 15) is 0 Å². The molecule has 0 saturated heterocycles. The van der Waals surface area contributed by atoms with E-state index in [-0.39, 0.29) is 5.41 Å². The van der Waals surface area contributed by atoms with Gasteiger partial charge in [-0.2, -0.15) is 0 Å². The SMILES string of the molecule is CC1(C)C2=c3ccccc3=CC2=Cc2c(-c3ccc4c5ccccc5c5ccccc5c4c3)c3ccn(-c4ccccc4)cc-3c21. The lowest BCUT2D eigenvalue weighted by Crippen LogP contribution is -2.31. The van der Waals surface area contributed by atoms with Gasteiger partial charge in [-0.1, -0.05) is 117 Å². The minimum absolute atomic E-state index is 0.186. The number of hydrogen-bond acceptors (Lipinski definition) is 0. The van der Waals surface area contributed by atoms with Crippen molar-refractivity contribution in [3.05, 3.63) is 167 Å². The highest BCUT2D eigenvalue weighted by molar-refractivity contribution is 6.26. The Kier molecular flexibility index (Phi) is 5.12. The number of benzene rings is 6. The van der Waals surface area contributed by atoms with Crippen LogP contribution in [-0.2, 0) is 5.41 Å². The number of pyridine rings is 1. The molecule has 6 aromatic carbocycles. The minimum Gasteiger partial charge on any atom is -0.323 e. The normalized spacial score (nSPS) is 14.7. The summed E-state index contributed by atoms with van der Waals surface area (Å²) >= 11 is 0. The van der Waals surface area contributed by atoms with Crippen LogP contribution < -0.4 is 10.4 Å². The molecule has 0 fully saturated rings. The van der Waals surface area contributed by atoms with Crippen molar-refractivity contribution < 1.29 is 0 Å². The van der Waals surface area contributed by atoms with Crippen molar-refractivity contribution >= 4 is 50.0 Å². The molecule has 1 nitrogen and oxygen atoms in total. The van der Waals surface area contributed by atoms with E-state index in [1.54, 1.807) is 0 Å². The number of nitrogens with zero attached hydrogens (tertiary/aromatic N) is 1. The zero-order chi connectivity index (χ0) is 30.6. The monoisotopic (exact) mass is 585 g/mol. The summed E-state index contributed by atoms with van der Waals surface area (Å²) in [6.07, 6.45) is 9.45. The number of allylic oxidation sites excluding steroid dienone is 1. The van der Waals surface area contributed by atoms with Gasteiger partial charge >= 0.3 is 0 Å². The van der Waals surface area contributed by atoms with Gasteiger partial charge in [0.25, 0.3) is 0 Å². The van der Waals surface area contributed by atoms with E-state index in [0.29, 0.717) is 0 Å². The molecule has 0 unspecified atom stereocenters. The molecule has 1 heterocycles. The number of fused-ring (bicyclic) bond motifs is 11. The number of rotatable bonds is 2. The first-order valence-electron chi connectivity index (χ1n) is 16.2. The van der Waals surface area contributed by atoms with Crippen LogP contribution in [0.15, 0.2) is 145 Å². The maximum atomic E-state index is 2.47. The summed E-state index contributed by atoms with van der Waals surface area (Å²) in [4.78, 5) is 0. The van der Waals surface area contributed by atoms with Crippen molar-refractivity contribution in [2.75, 3.05) is 0 Å². The Balaban J connectivity index is 1.32. The maximum Gasteiger partial charge on any atom is 0.0449 e. The highest BCUT2D eigenvalue weighted by Gasteiger charge is 2.41. The predicted molar refractivity (Wildman–Crippen MR) is 195 cm³/mol. The maximum absolute atomic E-state index is 2.47. The number of para-hydroxylation sites is 1. The molecule has 3 aliphatic carbocycles. The van der Waals surface area contributed by atoms with E-state index in [2.05, 4.69) is 170 Å². The van der Waals surface area contributed by atoms with E-state index in [1.807, 2.05) is 0 Å². The Morgan fingerprint density at radius 1 is 0.543 bits per heavy atom. The van der Waals surface area contributed by atoms with Crippen LogP contribution in [0.4, 0.5) is 0 Å². The first-order valence-corrected chi connectivity index (χ1v) is 16.2. The second kappa shape index (κ2) is 9.19. The fourth-order valence-electron chi connectivity index (χ4n) is 8.62. The molecule has 46 heavy (non-hydrogen) atoms. The lowest BCUT2D eigenvalue weighted by molar-refractivity contribution is 0.689. The molecule has 1 heteroatoms. The highest BCUT2D eigenvalue weighted by atomic mass is 14.9. The molecule has 0 saturated carbocycles. The molecule has 6 aromatic rings. The second-order valence-electron chi connectivity index (χ2n) is 13.4. The molecular weight excluding hydrogens is 555 g/mol. The molecule has 0 atom stereocenters. The van der Waals surface area contributed by atoms with Gasteiger partial charge in [-0.15, -0.1) is 0 Å². The Morgan fingerprint density at radius 2 is 1.17 bits per heavy atom. The van der Waals surface area contributed by atoms with Crippen molar-refractivity contribution in [1.29, 1.82) is 0 Å². The minimum atomic E-state index is -0.186. The van der Waals surface area contributed by atoms with Crippen LogP contribution in [-0.4, -0.2) is 4.57 Å². The second-order valence-corrected chi connectivity index (χ2v) is 13.4. The average Bonchev–Trinajstić information content (AvgIpc) is 3.65. The Bertz CT molecular complexity index is 2660. The Hall–Kier alpha value is -5.66. The van der Waals surface area contributed by atoms with Crippen LogP contribution in [0.25, 0.3) is 78.0 Å². The Labute approximate surface area is 268 Å². The van der Waals surface area contributed by atoms with Gasteiger partial charge < -0.3 is 4.57 Å². The van der Waals surface area contributed by atoms with Gasteiger partial charge in [0.05, 0.1) is 0 Å². The fourth-order valence-corrected chi connectivity index (χ4v) is 8.62. The molecular formula is C45H31N. The van der Waals surface area contributed by atoms with Crippen molar-refractivity contribution in [3.8, 4) is 27.9 Å². The molecule has 216 valence electrons. The van der Waals surface area contributed by atoms with Gasteiger partial charge in [0.2, 0.25) is 0 Å². The summed E-state index contributed by atoms with van der Waals surface area (Å²) in [5.41, 5.74) is 11.7. The van der Waals surface area contributed by atoms with Gasteiger partial charge in [0.15, 0.2) is 0 Å². The third kappa shape index (κ3) is 3.40. The summed E-state index contributed by atoms with van der Waals surface area (Å²) in [6, 6.07) is 46.8. The number of aromatic nitrogens is 1. The highest BCUT2D eigenvalue weighted by Crippen LogP contribution is 2.55. The zero-order valence-corrected chi connectivity index (χ0v) is 25.9. The Morgan fingerprint density at radius 3 is 1.91 bits per heavy atom. The van der Waals surface area contributed by atoms with Gasteiger partial charge in [-0.05, 0) is 118 Å². The molecule has 1 aliphatic heterocycles. The first kappa shape index (κ1) is 25.6. The summed E-state index contributed by atoms with van der Waals surface area (Å²) in [5, 5.41) is 10.5. The van der Waals surface area contributed by atoms with E-state index in [0.717, 1.165) is 0 Å². The molecule has 4 aliphatic rings. The quantitative estimate of drug-likeness (QED) is 0.178. The van der Waals surface area contributed by atoms with Gasteiger partial charge in [-0.25, -0.2) is 0 Å². The lowest BCUT2D eigenvalue weighted by Gasteiger charge is -2.34. The van der Waals surface area contributed by atoms with Crippen LogP contribution in [0, 0.1) is 0 Å². The van der Waals surface area contributed by atoms with E-state index >= 15 is 0 Å². The van der Waals surface area contributed by atoms with Crippen molar-refractivity contribution in [1.82, 2.24) is 4.57 Å². The predicted octanol–water partition coefficient (Wildman–Crippen LogP) is 10.0. The van der Waals surface area contributed by atoms with Crippen molar-refractivity contribution in [2.45, 2.75) is 19.3 Å². The fraction of sp³-hybridized carbons (Fsp3) is 0.0667. The molecule has 0 radical (unpaired) electrons. The smallest absolute Gasteiger partial charge is 0.0449 e. The molecule has 0 amide bonds. The first-order chi connectivity index (χ1) is 22.6. The zero-order valence-electron chi connectivity index (χ0n) is 25.9. The topological polar surface area (TPSA) is 4.93 Å². The molecule has 0 bridgehead atoms. The van der Waals surface area contributed by atoms with E-state index < -0.39 is 0 Å². The third-order valence-electron chi connectivity index (χ3n) is 10.5. The van der Waals surface area contributed by atoms with E-state index in [1.165, 1.54) is 93.0 Å². The molecule has 0 N–H and O–H groups in total. The molecule has 10 rings (SSSR count).